The van der Waals surface area contributed by atoms with Gasteiger partial charge in [-0.05, 0) is 41.5 Å². The third kappa shape index (κ3) is 8.67. The lowest BCUT2D eigenvalue weighted by Crippen LogP contribution is -2.39. The fraction of sp³-hybridized carbons (Fsp3) is 0.615. The van der Waals surface area contributed by atoms with E-state index in [1.54, 1.807) is 59.8 Å². The first-order chi connectivity index (χ1) is 32.0. The van der Waals surface area contributed by atoms with Gasteiger partial charge in [-0.15, -0.1) is 0 Å². The first-order valence-electron chi connectivity index (χ1n) is 20.9. The van der Waals surface area contributed by atoms with Gasteiger partial charge in [0.05, 0.1) is 19.8 Å². The highest BCUT2D eigenvalue weighted by molar-refractivity contribution is 7.48. The summed E-state index contributed by atoms with van der Waals surface area (Å²) >= 11 is 0. The van der Waals surface area contributed by atoms with Crippen molar-refractivity contribution in [3.8, 4) is 18.2 Å². The molecular weight excluding hydrogens is 929 g/mol. The van der Waals surface area contributed by atoms with E-state index >= 15 is 4.57 Å². The number of rotatable bonds is 12. The maximum atomic E-state index is 15.1. The first-order valence-corrected chi connectivity index (χ1v) is 22.3. The van der Waals surface area contributed by atoms with Crippen molar-refractivity contribution in [3.05, 3.63) is 97.8 Å². The van der Waals surface area contributed by atoms with Crippen molar-refractivity contribution >= 4 is 7.82 Å². The molecule has 6 fully saturated rings. The highest BCUT2D eigenvalue weighted by atomic mass is 31.2. The van der Waals surface area contributed by atoms with Gasteiger partial charge in [0.2, 0.25) is 0 Å². The number of nitrogens with zero attached hydrogens (tertiary/aromatic N) is 6. The maximum Gasteiger partial charge on any atom is 0.475 e. The summed E-state index contributed by atoms with van der Waals surface area (Å²) in [6.45, 7) is 7.45. The normalized spacial score (nSPS) is 32.8. The van der Waals surface area contributed by atoms with Gasteiger partial charge in [0.1, 0.15) is 90.2 Å². The van der Waals surface area contributed by atoms with Crippen molar-refractivity contribution in [1.29, 1.82) is 15.8 Å². The molecule has 362 valence electrons. The van der Waals surface area contributed by atoms with E-state index in [2.05, 4.69) is 15.0 Å². The van der Waals surface area contributed by atoms with Crippen molar-refractivity contribution in [3.63, 3.8) is 0 Å². The summed E-state index contributed by atoms with van der Waals surface area (Å²) in [5.74, 6) is -3.84. The minimum Gasteiger partial charge on any atom is -0.346 e. The Balaban J connectivity index is 1.02. The van der Waals surface area contributed by atoms with Gasteiger partial charge in [-0.1, -0.05) is 0 Å². The molecule has 0 saturated carbocycles. The number of hydrogen-bond acceptors (Lipinski definition) is 22. The Kier molecular flexibility index (Phi) is 11.9. The van der Waals surface area contributed by atoms with E-state index in [9.17, 15) is 44.6 Å². The zero-order valence-corrected chi connectivity index (χ0v) is 37.6. The van der Waals surface area contributed by atoms with Crippen LogP contribution in [0.25, 0.3) is 0 Å². The molecule has 12 atom stereocenters. The molecule has 6 aliphatic rings. The molecule has 9 heterocycles. The number of aromatic nitrogens is 6. The van der Waals surface area contributed by atoms with E-state index in [1.165, 1.54) is 0 Å². The van der Waals surface area contributed by atoms with Crippen LogP contribution in [0.3, 0.4) is 0 Å². The van der Waals surface area contributed by atoms with Gasteiger partial charge in [-0.2, -0.15) is 15.8 Å². The van der Waals surface area contributed by atoms with Crippen molar-refractivity contribution in [2.24, 2.45) is 0 Å². The van der Waals surface area contributed by atoms with Gasteiger partial charge in [0.15, 0.2) is 36.0 Å². The molecule has 0 unspecified atom stereocenters. The molecule has 68 heavy (non-hydrogen) atoms. The van der Waals surface area contributed by atoms with E-state index in [-0.39, 0.29) is 17.1 Å². The van der Waals surface area contributed by atoms with E-state index in [0.29, 0.717) is 0 Å². The van der Waals surface area contributed by atoms with Crippen LogP contribution in [-0.2, 0) is 60.8 Å². The lowest BCUT2D eigenvalue weighted by molar-refractivity contribution is -0.203. The van der Waals surface area contributed by atoms with E-state index in [4.69, 9.17) is 56.2 Å². The lowest BCUT2D eigenvalue weighted by Gasteiger charge is -2.28. The Hall–Kier alpha value is -5.74. The Morgan fingerprint density at radius 3 is 1.00 bits per heavy atom. The van der Waals surface area contributed by atoms with Crippen molar-refractivity contribution < 1.29 is 60.8 Å². The van der Waals surface area contributed by atoms with Crippen LogP contribution in [0.1, 0.15) is 77.3 Å². The molecule has 0 spiro atoms. The summed E-state index contributed by atoms with van der Waals surface area (Å²) in [7, 11) is -4.99. The molecule has 29 heteroatoms. The largest absolute Gasteiger partial charge is 0.475 e. The van der Waals surface area contributed by atoms with Crippen molar-refractivity contribution in [1.82, 2.24) is 28.7 Å². The Bertz CT molecular complexity index is 2760. The summed E-state index contributed by atoms with van der Waals surface area (Å²) in [4.78, 5) is 81.9. The Morgan fingerprint density at radius 1 is 0.500 bits per heavy atom. The van der Waals surface area contributed by atoms with Crippen LogP contribution in [0.2, 0.25) is 0 Å². The van der Waals surface area contributed by atoms with Gasteiger partial charge in [-0.25, -0.2) is 18.9 Å². The second kappa shape index (κ2) is 17.0. The van der Waals surface area contributed by atoms with Crippen LogP contribution in [0, 0.1) is 34.0 Å². The monoisotopic (exact) mass is 971 g/mol. The summed E-state index contributed by atoms with van der Waals surface area (Å²) in [5.41, 5.74) is -6.60. The summed E-state index contributed by atoms with van der Waals surface area (Å²) < 4.78 is 90.8. The van der Waals surface area contributed by atoms with E-state index in [1.807, 2.05) is 0 Å². The molecule has 6 saturated heterocycles. The molecule has 0 aromatic carbocycles. The molecule has 0 amide bonds. The average Bonchev–Trinajstić information content (AvgIpc) is 4.07. The molecule has 3 aromatic rings. The molecule has 6 aliphatic heterocycles. The van der Waals surface area contributed by atoms with Crippen LogP contribution < -0.4 is 33.7 Å². The number of aromatic amines is 3. The molecule has 3 aromatic heterocycles. The maximum absolute atomic E-state index is 15.1. The number of nitriles is 3. The van der Waals surface area contributed by atoms with Crippen molar-refractivity contribution in [2.75, 3.05) is 19.8 Å². The Labute approximate surface area is 380 Å². The minimum absolute atomic E-state index is 0.365. The fourth-order valence-electron chi connectivity index (χ4n) is 9.14. The molecule has 9 rings (SSSR count). The second-order valence-electron chi connectivity index (χ2n) is 17.6. The van der Waals surface area contributed by atoms with Gasteiger partial charge < -0.3 is 42.6 Å². The number of fused-ring (bicyclic) bond motifs is 3. The van der Waals surface area contributed by atoms with Gasteiger partial charge >= 0.3 is 24.9 Å². The van der Waals surface area contributed by atoms with E-state index in [0.717, 1.165) is 31.9 Å². The number of ether oxygens (including phenoxy) is 9. The SMILES string of the molecule is CC1(C)O[C@@H]2[C@H](O1)[C@@H](COP(=O)(OC[C@H]1O[C@@H](n3c(C#N)cc(=O)[nH]c3=O)[C@@H]3OC(C)(C)O[C@@H]31)OC[C@H]1O[C@@H](n3c(C#N)cc(=O)[nH]c3=O)[C@@H]3OC(C)(C)O[C@@H]31)O[C@H]2n1c(C#N)cc(=O)[nH]c1=O. The first kappa shape index (κ1) is 47.3. The van der Waals surface area contributed by atoms with Gasteiger partial charge in [-0.3, -0.25) is 56.6 Å². The quantitative estimate of drug-likeness (QED) is 0.177. The van der Waals surface area contributed by atoms with Crippen LogP contribution in [0.15, 0.2) is 47.0 Å². The third-order valence-corrected chi connectivity index (χ3v) is 13.0. The van der Waals surface area contributed by atoms with Crippen LogP contribution in [0.5, 0.6) is 0 Å². The molecule has 28 nitrogen and oxygen atoms in total. The Morgan fingerprint density at radius 2 is 0.750 bits per heavy atom. The topological polar surface area (TPSA) is 364 Å². The summed E-state index contributed by atoms with van der Waals surface area (Å²) in [6.07, 6.45) is -14.3. The highest BCUT2D eigenvalue weighted by Crippen LogP contribution is 2.54. The van der Waals surface area contributed by atoms with Crippen LogP contribution in [-0.4, -0.2) is 121 Å². The summed E-state index contributed by atoms with van der Waals surface area (Å²) in [5, 5.41) is 29.6. The number of hydrogen-bond donors (Lipinski definition) is 3. The predicted molar refractivity (Wildman–Crippen MR) is 217 cm³/mol. The molecule has 0 aliphatic carbocycles. The number of nitrogens with one attached hydrogen (secondary N) is 3. The van der Waals surface area contributed by atoms with Gasteiger partial charge in [0, 0.05) is 18.2 Å². The predicted octanol–water partition coefficient (Wildman–Crippen LogP) is -1.34. The summed E-state index contributed by atoms with van der Waals surface area (Å²) in [6, 6.07) is 8.06. The number of phosphoric ester groups is 1. The standard InChI is InChI=1S/C39H42N9O19P/c1-37(2)62-25-19(59-31(28(25)65-37)46-16(10-40)7-22(49)43-34(46)52)13-56-68(55,57-14-20-26-29(66-38(3,4)63-26)32(60-20)47-17(11-41)8-23(50)44-35(47)53)58-15-21-27-30(67-39(5,6)64-27)33(61-21)48-18(12-42)9-24(51)45-36(48)54/h7-9,19-21,25-33H,13-15H2,1-6H3,(H,43,49,52)(H,44,50,53)(H,45,51,54)/t19-,20-,21-,25-,26-,27-,28-,29-,30-,31-,32-,33-/m1/s1. The molecule has 0 bridgehead atoms. The second-order valence-corrected chi connectivity index (χ2v) is 19.3. The molecule has 0 radical (unpaired) electrons. The number of phosphoric acid groups is 1. The zero-order chi connectivity index (χ0) is 48.8. The highest BCUT2D eigenvalue weighted by Gasteiger charge is 2.60. The average molecular weight is 972 g/mol. The van der Waals surface area contributed by atoms with Crippen LogP contribution in [0.4, 0.5) is 0 Å². The third-order valence-electron chi connectivity index (χ3n) is 11.6. The number of H-pyrrole nitrogens is 3. The minimum atomic E-state index is -4.99. The van der Waals surface area contributed by atoms with Crippen molar-refractivity contribution in [2.45, 2.75) is 133 Å². The van der Waals surface area contributed by atoms with Crippen LogP contribution >= 0.6 is 7.82 Å². The van der Waals surface area contributed by atoms with Gasteiger partial charge in [0.25, 0.3) is 16.7 Å². The smallest absolute Gasteiger partial charge is 0.346 e. The molecule has 3 N–H and O–H groups in total. The fourth-order valence-corrected chi connectivity index (χ4v) is 10.4. The van der Waals surface area contributed by atoms with E-state index < -0.39 is 152 Å². The molecular formula is C39H42N9O19P. The zero-order valence-electron chi connectivity index (χ0n) is 36.7. The lowest BCUT2D eigenvalue weighted by atomic mass is 10.1.